The van der Waals surface area contributed by atoms with Gasteiger partial charge in [0.25, 0.3) is 5.91 Å². The van der Waals surface area contributed by atoms with Gasteiger partial charge in [-0.15, -0.1) is 0 Å². The Balaban J connectivity index is 2.43. The van der Waals surface area contributed by atoms with E-state index in [1.54, 1.807) is 13.8 Å². The summed E-state index contributed by atoms with van der Waals surface area (Å²) >= 11 is 0. The molecule has 3 amide bonds. The summed E-state index contributed by atoms with van der Waals surface area (Å²) in [5, 5.41) is 4.65. The number of benzene rings is 1. The first kappa shape index (κ1) is 16.5. The van der Waals surface area contributed by atoms with E-state index in [1.807, 2.05) is 0 Å². The van der Waals surface area contributed by atoms with E-state index < -0.39 is 17.9 Å². The number of amides is 3. The molecule has 0 unspecified atom stereocenters. The van der Waals surface area contributed by atoms with Crippen LogP contribution in [-0.2, 0) is 9.53 Å². The third kappa shape index (κ3) is 5.94. The number of rotatable bonds is 5. The third-order valence-electron chi connectivity index (χ3n) is 2.32. The summed E-state index contributed by atoms with van der Waals surface area (Å²) in [6, 6.07) is 5.47. The Bertz CT molecular complexity index is 511. The van der Waals surface area contributed by atoms with Crippen molar-refractivity contribution in [1.82, 2.24) is 10.6 Å². The number of hydrogen-bond donors (Lipinski definition) is 2. The smallest absolute Gasteiger partial charge is 0.337 e. The zero-order chi connectivity index (χ0) is 15.8. The molecule has 1 rings (SSSR count). The van der Waals surface area contributed by atoms with Crippen molar-refractivity contribution in [2.75, 3.05) is 13.7 Å². The van der Waals surface area contributed by atoms with Crippen LogP contribution >= 0.6 is 0 Å². The third-order valence-corrected chi connectivity index (χ3v) is 2.32. The zero-order valence-corrected chi connectivity index (χ0v) is 12.1. The zero-order valence-electron chi connectivity index (χ0n) is 12.1. The van der Waals surface area contributed by atoms with Crippen LogP contribution in [0.2, 0.25) is 0 Å². The van der Waals surface area contributed by atoms with E-state index in [-0.39, 0.29) is 12.6 Å². The van der Waals surface area contributed by atoms with Crippen LogP contribution in [0.25, 0.3) is 0 Å². The Morgan fingerprint density at radius 2 is 1.76 bits per heavy atom. The van der Waals surface area contributed by atoms with Gasteiger partial charge in [0.05, 0.1) is 12.7 Å². The van der Waals surface area contributed by atoms with Gasteiger partial charge in [-0.05, 0) is 38.1 Å². The van der Waals surface area contributed by atoms with Crippen LogP contribution in [0.5, 0.6) is 5.75 Å². The predicted molar refractivity (Wildman–Crippen MR) is 75.1 cm³/mol. The first-order valence-corrected chi connectivity index (χ1v) is 6.34. The molecule has 114 valence electrons. The second-order valence-electron chi connectivity index (χ2n) is 4.48. The molecule has 7 heteroatoms. The highest BCUT2D eigenvalue weighted by atomic mass is 16.5. The summed E-state index contributed by atoms with van der Waals surface area (Å²) in [6.07, 6.45) is 0. The summed E-state index contributed by atoms with van der Waals surface area (Å²) in [4.78, 5) is 34.0. The monoisotopic (exact) mass is 294 g/mol. The van der Waals surface area contributed by atoms with E-state index >= 15 is 0 Å². The van der Waals surface area contributed by atoms with Crippen LogP contribution in [0, 0.1) is 0 Å². The molecule has 0 radical (unpaired) electrons. The van der Waals surface area contributed by atoms with Crippen molar-refractivity contribution in [1.29, 1.82) is 0 Å². The van der Waals surface area contributed by atoms with E-state index in [2.05, 4.69) is 15.4 Å². The van der Waals surface area contributed by atoms with Crippen LogP contribution in [0.15, 0.2) is 24.3 Å². The molecule has 0 atom stereocenters. The molecule has 0 aliphatic heterocycles. The van der Waals surface area contributed by atoms with Gasteiger partial charge < -0.3 is 14.8 Å². The summed E-state index contributed by atoms with van der Waals surface area (Å²) in [6.45, 7) is 3.26. The molecule has 0 aromatic heterocycles. The SMILES string of the molecule is COC(=O)c1ccc(OCC(=O)NC(=O)NC(C)C)cc1. The van der Waals surface area contributed by atoms with Gasteiger partial charge in [0.2, 0.25) is 0 Å². The molecule has 21 heavy (non-hydrogen) atoms. The number of hydrogen-bond acceptors (Lipinski definition) is 5. The first-order chi connectivity index (χ1) is 9.92. The molecule has 0 fully saturated rings. The molecule has 0 saturated carbocycles. The highest BCUT2D eigenvalue weighted by molar-refractivity contribution is 5.95. The van der Waals surface area contributed by atoms with E-state index in [1.165, 1.54) is 31.4 Å². The van der Waals surface area contributed by atoms with Gasteiger partial charge in [-0.2, -0.15) is 0 Å². The second-order valence-corrected chi connectivity index (χ2v) is 4.48. The number of methoxy groups -OCH3 is 1. The minimum absolute atomic E-state index is 0.0652. The lowest BCUT2D eigenvalue weighted by Gasteiger charge is -2.10. The minimum atomic E-state index is -0.570. The van der Waals surface area contributed by atoms with Gasteiger partial charge in [0.1, 0.15) is 5.75 Å². The number of carbonyl (C=O) groups excluding carboxylic acids is 3. The van der Waals surface area contributed by atoms with E-state index in [4.69, 9.17) is 4.74 Å². The van der Waals surface area contributed by atoms with E-state index in [0.717, 1.165) is 0 Å². The van der Waals surface area contributed by atoms with Crippen LogP contribution in [0.4, 0.5) is 4.79 Å². The Morgan fingerprint density at radius 3 is 2.29 bits per heavy atom. The average Bonchev–Trinajstić information content (AvgIpc) is 2.43. The lowest BCUT2D eigenvalue weighted by molar-refractivity contribution is -0.122. The Morgan fingerprint density at radius 1 is 1.14 bits per heavy atom. The number of esters is 1. The van der Waals surface area contributed by atoms with Gasteiger partial charge in [0, 0.05) is 6.04 Å². The van der Waals surface area contributed by atoms with Gasteiger partial charge in [-0.1, -0.05) is 0 Å². The largest absolute Gasteiger partial charge is 0.484 e. The Labute approximate surface area is 122 Å². The van der Waals surface area contributed by atoms with Crippen molar-refractivity contribution >= 4 is 17.9 Å². The van der Waals surface area contributed by atoms with Gasteiger partial charge in [-0.25, -0.2) is 9.59 Å². The van der Waals surface area contributed by atoms with Crippen molar-refractivity contribution in [3.05, 3.63) is 29.8 Å². The number of carbonyl (C=O) groups is 3. The molecule has 1 aromatic rings. The molecule has 7 nitrogen and oxygen atoms in total. The maximum Gasteiger partial charge on any atom is 0.337 e. The standard InChI is InChI=1S/C14H18N2O5/c1-9(2)15-14(19)16-12(17)8-21-11-6-4-10(5-7-11)13(18)20-3/h4-7,9H,8H2,1-3H3,(H2,15,16,17,19). The summed E-state index contributed by atoms with van der Waals surface area (Å²) in [5.41, 5.74) is 0.380. The fraction of sp³-hybridized carbons (Fsp3) is 0.357. The van der Waals surface area contributed by atoms with E-state index in [0.29, 0.717) is 11.3 Å². The Hall–Kier alpha value is -2.57. The Kier molecular flexibility index (Phi) is 6.19. The first-order valence-electron chi connectivity index (χ1n) is 6.34. The molecule has 0 spiro atoms. The highest BCUT2D eigenvalue weighted by Gasteiger charge is 2.10. The van der Waals surface area contributed by atoms with Gasteiger partial charge in [0.15, 0.2) is 6.61 Å². The van der Waals surface area contributed by atoms with Gasteiger partial charge >= 0.3 is 12.0 Å². The maximum absolute atomic E-state index is 11.5. The molecule has 2 N–H and O–H groups in total. The second kappa shape index (κ2) is 7.88. The van der Waals surface area contributed by atoms with Crippen molar-refractivity contribution in [3.8, 4) is 5.75 Å². The summed E-state index contributed by atoms with van der Waals surface area (Å²) in [5.74, 6) is -0.614. The topological polar surface area (TPSA) is 93.7 Å². The number of nitrogens with one attached hydrogen (secondary N) is 2. The lowest BCUT2D eigenvalue weighted by atomic mass is 10.2. The van der Waals surface area contributed by atoms with Crippen molar-refractivity contribution < 1.29 is 23.9 Å². The molecule has 1 aromatic carbocycles. The predicted octanol–water partition coefficient (Wildman–Crippen LogP) is 1.09. The van der Waals surface area contributed by atoms with Crippen LogP contribution in [-0.4, -0.2) is 37.7 Å². The number of urea groups is 1. The lowest BCUT2D eigenvalue weighted by Crippen LogP contribution is -2.44. The fourth-order valence-corrected chi connectivity index (χ4v) is 1.41. The normalized spacial score (nSPS) is 9.90. The highest BCUT2D eigenvalue weighted by Crippen LogP contribution is 2.12. The van der Waals surface area contributed by atoms with Crippen LogP contribution in [0.1, 0.15) is 24.2 Å². The molecule has 0 heterocycles. The van der Waals surface area contributed by atoms with Crippen molar-refractivity contribution in [2.45, 2.75) is 19.9 Å². The van der Waals surface area contributed by atoms with E-state index in [9.17, 15) is 14.4 Å². The summed E-state index contributed by atoms with van der Waals surface area (Å²) in [7, 11) is 1.29. The molecule has 0 saturated heterocycles. The number of imide groups is 1. The van der Waals surface area contributed by atoms with Gasteiger partial charge in [-0.3, -0.25) is 10.1 Å². The molecular formula is C14H18N2O5. The number of ether oxygens (including phenoxy) is 2. The molecular weight excluding hydrogens is 276 g/mol. The fourth-order valence-electron chi connectivity index (χ4n) is 1.41. The molecule has 0 aliphatic carbocycles. The molecule has 0 bridgehead atoms. The average molecular weight is 294 g/mol. The van der Waals surface area contributed by atoms with Crippen molar-refractivity contribution in [2.24, 2.45) is 0 Å². The quantitative estimate of drug-likeness (QED) is 0.793. The molecule has 0 aliphatic rings. The maximum atomic E-state index is 11.5. The van der Waals surface area contributed by atoms with Crippen LogP contribution < -0.4 is 15.4 Å². The van der Waals surface area contributed by atoms with Crippen molar-refractivity contribution in [3.63, 3.8) is 0 Å². The summed E-state index contributed by atoms with van der Waals surface area (Å²) < 4.78 is 9.76. The minimum Gasteiger partial charge on any atom is -0.484 e. The van der Waals surface area contributed by atoms with Crippen LogP contribution in [0.3, 0.4) is 0 Å².